The monoisotopic (exact) mass is 316 g/mol. The molecular weight excluding hydrogens is 288 g/mol. The number of fused-ring (bicyclic) bond motifs is 1. The summed E-state index contributed by atoms with van der Waals surface area (Å²) in [6.07, 6.45) is 2.61. The summed E-state index contributed by atoms with van der Waals surface area (Å²) in [6.45, 7) is 10.3. The van der Waals surface area contributed by atoms with E-state index in [2.05, 4.69) is 20.8 Å². The molecule has 0 aliphatic heterocycles. The lowest BCUT2D eigenvalue weighted by molar-refractivity contribution is -0.108. The molecule has 1 saturated carbocycles. The zero-order chi connectivity index (χ0) is 16.2. The molecule has 5 heteroatoms. The minimum Gasteiger partial charge on any atom is -0.388 e. The molecule has 0 heterocycles. The molecule has 2 aliphatic carbocycles. The topological polar surface area (TPSA) is 63.6 Å². The summed E-state index contributed by atoms with van der Waals surface area (Å²) >= 11 is 0. The Kier molecular flexibility index (Phi) is 4.10. The zero-order valence-corrected chi connectivity index (χ0v) is 14.8. The maximum Gasteiger partial charge on any atom is 0.264 e. The van der Waals surface area contributed by atoms with Crippen molar-refractivity contribution in [3.05, 3.63) is 11.1 Å². The van der Waals surface area contributed by atoms with Crippen LogP contribution in [0.25, 0.3) is 0 Å². The van der Waals surface area contributed by atoms with E-state index in [1.54, 1.807) is 0 Å². The minimum atomic E-state index is -3.51. The van der Waals surface area contributed by atoms with Crippen molar-refractivity contribution in [3.63, 3.8) is 0 Å². The molecule has 0 saturated heterocycles. The smallest absolute Gasteiger partial charge is 0.264 e. The Bertz CT molecular complexity index is 561. The van der Waals surface area contributed by atoms with E-state index in [0.29, 0.717) is 6.42 Å². The molecule has 0 amide bonds. The fourth-order valence-electron chi connectivity index (χ4n) is 4.22. The fourth-order valence-corrected chi connectivity index (χ4v) is 4.93. The first-order chi connectivity index (χ1) is 9.36. The summed E-state index contributed by atoms with van der Waals surface area (Å²) in [4.78, 5) is 0. The van der Waals surface area contributed by atoms with Crippen LogP contribution in [-0.2, 0) is 14.3 Å². The molecular formula is C16H28O4S. The van der Waals surface area contributed by atoms with Crippen molar-refractivity contribution in [2.75, 3.05) is 6.26 Å². The van der Waals surface area contributed by atoms with Gasteiger partial charge in [0.2, 0.25) is 0 Å². The van der Waals surface area contributed by atoms with Crippen LogP contribution in [0.1, 0.15) is 53.9 Å². The van der Waals surface area contributed by atoms with Crippen LogP contribution < -0.4 is 0 Å². The van der Waals surface area contributed by atoms with Crippen LogP contribution in [0.2, 0.25) is 0 Å². The number of aliphatic hydroxyl groups excluding tert-OH is 1. The molecule has 1 fully saturated rings. The van der Waals surface area contributed by atoms with Crippen molar-refractivity contribution in [2.24, 2.45) is 16.7 Å². The van der Waals surface area contributed by atoms with Gasteiger partial charge in [0.1, 0.15) is 0 Å². The molecule has 4 atom stereocenters. The van der Waals surface area contributed by atoms with E-state index in [4.69, 9.17) is 4.18 Å². The van der Waals surface area contributed by atoms with Gasteiger partial charge in [0, 0.05) is 5.41 Å². The van der Waals surface area contributed by atoms with E-state index >= 15 is 0 Å². The van der Waals surface area contributed by atoms with Gasteiger partial charge in [-0.3, -0.25) is 4.18 Å². The summed E-state index contributed by atoms with van der Waals surface area (Å²) in [5, 5.41) is 10.7. The van der Waals surface area contributed by atoms with Crippen LogP contribution in [0.5, 0.6) is 0 Å². The van der Waals surface area contributed by atoms with Gasteiger partial charge in [0.05, 0.1) is 18.5 Å². The number of allylic oxidation sites excluding steroid dienone is 1. The SMILES string of the molecule is CC1=C(C)[C@@H](O)[C@@H]2CC(C)(C)C[C@H](OS(C)(=O)=O)[C@@]2(C)C1. The van der Waals surface area contributed by atoms with Gasteiger partial charge >= 0.3 is 0 Å². The Labute approximate surface area is 128 Å². The first-order valence-electron chi connectivity index (χ1n) is 7.58. The van der Waals surface area contributed by atoms with Gasteiger partial charge < -0.3 is 5.11 Å². The van der Waals surface area contributed by atoms with E-state index in [1.807, 2.05) is 13.8 Å². The highest BCUT2D eigenvalue weighted by Crippen LogP contribution is 2.57. The number of hydrogen-bond acceptors (Lipinski definition) is 4. The molecule has 0 bridgehead atoms. The molecule has 0 aromatic rings. The van der Waals surface area contributed by atoms with Crippen molar-refractivity contribution in [3.8, 4) is 0 Å². The molecule has 2 aliphatic rings. The number of rotatable bonds is 2. The maximum atomic E-state index is 11.7. The van der Waals surface area contributed by atoms with Crippen LogP contribution in [0.4, 0.5) is 0 Å². The lowest BCUT2D eigenvalue weighted by atomic mass is 9.52. The largest absolute Gasteiger partial charge is 0.388 e. The van der Waals surface area contributed by atoms with Crippen LogP contribution >= 0.6 is 0 Å². The maximum absolute atomic E-state index is 11.7. The molecule has 0 radical (unpaired) electrons. The molecule has 2 rings (SSSR count). The molecule has 0 spiro atoms. The summed E-state index contributed by atoms with van der Waals surface area (Å²) in [5.74, 6) is 0.0386. The lowest BCUT2D eigenvalue weighted by Gasteiger charge is -2.56. The Balaban J connectivity index is 2.46. The Morgan fingerprint density at radius 3 is 2.29 bits per heavy atom. The summed E-state index contributed by atoms with van der Waals surface area (Å²) in [6, 6.07) is 0. The fraction of sp³-hybridized carbons (Fsp3) is 0.875. The van der Waals surface area contributed by atoms with Gasteiger partial charge in [0.15, 0.2) is 0 Å². The molecule has 21 heavy (non-hydrogen) atoms. The third kappa shape index (κ3) is 3.20. The second kappa shape index (κ2) is 5.07. The van der Waals surface area contributed by atoms with Gasteiger partial charge in [-0.2, -0.15) is 8.42 Å². The van der Waals surface area contributed by atoms with Crippen molar-refractivity contribution < 1.29 is 17.7 Å². The second-order valence-electron chi connectivity index (χ2n) is 8.06. The van der Waals surface area contributed by atoms with E-state index in [9.17, 15) is 13.5 Å². The first kappa shape index (κ1) is 17.0. The molecule has 4 nitrogen and oxygen atoms in total. The minimum absolute atomic E-state index is 0.0357. The standard InChI is InChI=1S/C16H28O4S/c1-10-7-16(5)12(14(17)11(10)2)8-15(3,4)9-13(16)20-21(6,18)19/h12-14,17H,7-9H2,1-6H3/t12-,13-,14+,16-/m0/s1. The highest BCUT2D eigenvalue weighted by molar-refractivity contribution is 7.86. The molecule has 0 aromatic heterocycles. The molecule has 1 N–H and O–H groups in total. The first-order valence-corrected chi connectivity index (χ1v) is 9.40. The van der Waals surface area contributed by atoms with Crippen LogP contribution in [0.3, 0.4) is 0 Å². The quantitative estimate of drug-likeness (QED) is 0.628. The van der Waals surface area contributed by atoms with Crippen molar-refractivity contribution in [1.29, 1.82) is 0 Å². The van der Waals surface area contributed by atoms with Crippen molar-refractivity contribution in [2.45, 2.75) is 66.1 Å². The molecule has 122 valence electrons. The van der Waals surface area contributed by atoms with Crippen LogP contribution in [0.15, 0.2) is 11.1 Å². The van der Waals surface area contributed by atoms with Crippen molar-refractivity contribution in [1.82, 2.24) is 0 Å². The average molecular weight is 316 g/mol. The Hall–Kier alpha value is -0.390. The molecule has 0 aromatic carbocycles. The predicted octanol–water partition coefficient (Wildman–Crippen LogP) is 2.87. The average Bonchev–Trinajstić information content (AvgIpc) is 2.28. The summed E-state index contributed by atoms with van der Waals surface area (Å²) in [5.41, 5.74) is 1.82. The van der Waals surface area contributed by atoms with Crippen molar-refractivity contribution >= 4 is 10.1 Å². The van der Waals surface area contributed by atoms with Crippen LogP contribution in [-0.4, -0.2) is 32.0 Å². The highest BCUT2D eigenvalue weighted by Gasteiger charge is 2.55. The van der Waals surface area contributed by atoms with Gasteiger partial charge in [-0.15, -0.1) is 0 Å². The Morgan fingerprint density at radius 2 is 1.76 bits per heavy atom. The number of aliphatic hydroxyl groups is 1. The zero-order valence-electron chi connectivity index (χ0n) is 13.9. The number of hydrogen-bond donors (Lipinski definition) is 1. The third-order valence-corrected chi connectivity index (χ3v) is 6.11. The third-order valence-electron chi connectivity index (χ3n) is 5.53. The predicted molar refractivity (Wildman–Crippen MR) is 83.3 cm³/mol. The second-order valence-corrected chi connectivity index (χ2v) is 9.66. The normalized spacial score (nSPS) is 40.0. The summed E-state index contributed by atoms with van der Waals surface area (Å²) in [7, 11) is -3.51. The molecule has 0 unspecified atom stereocenters. The van der Waals surface area contributed by atoms with Crippen LogP contribution in [0, 0.1) is 16.7 Å². The van der Waals surface area contributed by atoms with Gasteiger partial charge in [-0.1, -0.05) is 26.3 Å². The van der Waals surface area contributed by atoms with E-state index in [-0.39, 0.29) is 22.9 Å². The Morgan fingerprint density at radius 1 is 1.19 bits per heavy atom. The van der Waals surface area contributed by atoms with Gasteiger partial charge in [-0.05, 0) is 50.0 Å². The van der Waals surface area contributed by atoms with E-state index in [1.165, 1.54) is 0 Å². The lowest BCUT2D eigenvalue weighted by Crippen LogP contribution is -2.55. The van der Waals surface area contributed by atoms with Gasteiger partial charge in [-0.25, -0.2) is 0 Å². The van der Waals surface area contributed by atoms with E-state index < -0.39 is 16.2 Å². The van der Waals surface area contributed by atoms with Gasteiger partial charge in [0.25, 0.3) is 10.1 Å². The van der Waals surface area contributed by atoms with E-state index in [0.717, 1.165) is 30.2 Å². The highest BCUT2D eigenvalue weighted by atomic mass is 32.2. The summed E-state index contributed by atoms with van der Waals surface area (Å²) < 4.78 is 28.8.